The lowest BCUT2D eigenvalue weighted by Gasteiger charge is -1.99. The standard InChI is InChI=1S/C11H17ClO2/c1-3-5-6-7-10(12)9-11(13)14-8-4-2/h4,9H,2-3,5-8H2,1H3/b10-9-. The third kappa shape index (κ3) is 7.87. The van der Waals surface area contributed by atoms with Crippen molar-refractivity contribution in [1.82, 2.24) is 0 Å². The number of hydrogen-bond donors (Lipinski definition) is 0. The van der Waals surface area contributed by atoms with Crippen LogP contribution in [0.1, 0.15) is 32.6 Å². The Labute approximate surface area is 90.6 Å². The van der Waals surface area contributed by atoms with Gasteiger partial charge in [-0.05, 0) is 12.8 Å². The highest BCUT2D eigenvalue weighted by molar-refractivity contribution is 6.30. The molecule has 0 unspecified atom stereocenters. The molecule has 0 aliphatic carbocycles. The summed E-state index contributed by atoms with van der Waals surface area (Å²) in [5, 5.41) is 0.563. The third-order valence-corrected chi connectivity index (χ3v) is 1.94. The molecule has 0 aromatic rings. The van der Waals surface area contributed by atoms with E-state index in [-0.39, 0.29) is 6.61 Å². The van der Waals surface area contributed by atoms with Gasteiger partial charge in [-0.15, -0.1) is 0 Å². The maximum atomic E-state index is 11.0. The van der Waals surface area contributed by atoms with Gasteiger partial charge in [0.1, 0.15) is 6.61 Å². The van der Waals surface area contributed by atoms with Gasteiger partial charge in [-0.2, -0.15) is 0 Å². The minimum Gasteiger partial charge on any atom is -0.458 e. The fourth-order valence-corrected chi connectivity index (χ4v) is 1.15. The van der Waals surface area contributed by atoms with Gasteiger partial charge in [0.2, 0.25) is 0 Å². The molecule has 3 heteroatoms. The van der Waals surface area contributed by atoms with Crippen LogP contribution < -0.4 is 0 Å². The van der Waals surface area contributed by atoms with E-state index in [4.69, 9.17) is 16.3 Å². The van der Waals surface area contributed by atoms with Gasteiger partial charge < -0.3 is 4.74 Å². The molecule has 0 amide bonds. The molecule has 2 nitrogen and oxygen atoms in total. The van der Waals surface area contributed by atoms with Gasteiger partial charge in [0.25, 0.3) is 0 Å². The minimum absolute atomic E-state index is 0.231. The molecule has 0 atom stereocenters. The average Bonchev–Trinajstić information content (AvgIpc) is 2.15. The van der Waals surface area contributed by atoms with Crippen LogP contribution in [0.2, 0.25) is 0 Å². The fraction of sp³-hybridized carbons (Fsp3) is 0.545. The monoisotopic (exact) mass is 216 g/mol. The first-order valence-corrected chi connectivity index (χ1v) is 5.22. The van der Waals surface area contributed by atoms with Crippen molar-refractivity contribution >= 4 is 17.6 Å². The zero-order valence-electron chi connectivity index (χ0n) is 8.59. The highest BCUT2D eigenvalue weighted by Crippen LogP contribution is 2.12. The second-order valence-corrected chi connectivity index (χ2v) is 3.45. The van der Waals surface area contributed by atoms with Crippen molar-refractivity contribution in [3.05, 3.63) is 23.8 Å². The molecule has 0 fully saturated rings. The van der Waals surface area contributed by atoms with Crippen LogP contribution in [-0.2, 0) is 9.53 Å². The molecule has 0 radical (unpaired) electrons. The molecule has 80 valence electrons. The van der Waals surface area contributed by atoms with Gasteiger partial charge in [-0.25, -0.2) is 4.79 Å². The van der Waals surface area contributed by atoms with E-state index in [0.29, 0.717) is 5.03 Å². The van der Waals surface area contributed by atoms with Crippen LogP contribution in [-0.4, -0.2) is 12.6 Å². The number of rotatable bonds is 7. The number of hydrogen-bond acceptors (Lipinski definition) is 2. The van der Waals surface area contributed by atoms with Gasteiger partial charge >= 0.3 is 5.97 Å². The lowest BCUT2D eigenvalue weighted by Crippen LogP contribution is -2.00. The van der Waals surface area contributed by atoms with Gasteiger partial charge in [0.05, 0.1) is 0 Å². The molecule has 0 rings (SSSR count). The average molecular weight is 217 g/mol. The normalized spacial score (nSPS) is 11.1. The molecule has 0 spiro atoms. The molecule has 0 aromatic carbocycles. The van der Waals surface area contributed by atoms with Crippen molar-refractivity contribution in [2.75, 3.05) is 6.61 Å². The number of ether oxygens (including phenoxy) is 1. The Morgan fingerprint density at radius 2 is 2.21 bits per heavy atom. The Balaban J connectivity index is 3.72. The van der Waals surface area contributed by atoms with Gasteiger partial charge in [0.15, 0.2) is 0 Å². The zero-order chi connectivity index (χ0) is 10.8. The van der Waals surface area contributed by atoms with Crippen LogP contribution in [0.3, 0.4) is 0 Å². The molecule has 0 heterocycles. The molecule has 0 aliphatic heterocycles. The highest BCUT2D eigenvalue weighted by atomic mass is 35.5. The van der Waals surface area contributed by atoms with Crippen molar-refractivity contribution in [2.45, 2.75) is 32.6 Å². The second-order valence-electron chi connectivity index (χ2n) is 2.97. The largest absolute Gasteiger partial charge is 0.458 e. The van der Waals surface area contributed by atoms with Crippen LogP contribution in [0.5, 0.6) is 0 Å². The first kappa shape index (κ1) is 13.2. The highest BCUT2D eigenvalue weighted by Gasteiger charge is 1.99. The van der Waals surface area contributed by atoms with Crippen LogP contribution >= 0.6 is 11.6 Å². The summed E-state index contributed by atoms with van der Waals surface area (Å²) in [6, 6.07) is 0. The van der Waals surface area contributed by atoms with Crippen molar-refractivity contribution < 1.29 is 9.53 Å². The first-order chi connectivity index (χ1) is 6.70. The summed E-state index contributed by atoms with van der Waals surface area (Å²) < 4.78 is 4.75. The maximum Gasteiger partial charge on any atom is 0.332 e. The van der Waals surface area contributed by atoms with E-state index in [0.717, 1.165) is 25.7 Å². The first-order valence-electron chi connectivity index (χ1n) is 4.84. The van der Waals surface area contributed by atoms with Crippen molar-refractivity contribution in [3.8, 4) is 0 Å². The van der Waals surface area contributed by atoms with Crippen molar-refractivity contribution in [2.24, 2.45) is 0 Å². The lowest BCUT2D eigenvalue weighted by molar-refractivity contribution is -0.136. The molecule has 0 aromatic heterocycles. The molecule has 14 heavy (non-hydrogen) atoms. The molecule has 0 saturated heterocycles. The summed E-state index contributed by atoms with van der Waals surface area (Å²) in [7, 11) is 0. The van der Waals surface area contributed by atoms with E-state index < -0.39 is 5.97 Å². The van der Waals surface area contributed by atoms with E-state index in [1.165, 1.54) is 12.2 Å². The molecule has 0 aliphatic rings. The van der Waals surface area contributed by atoms with E-state index in [1.54, 1.807) is 0 Å². The number of unbranched alkanes of at least 4 members (excludes halogenated alkanes) is 2. The Morgan fingerprint density at radius 1 is 1.50 bits per heavy atom. The maximum absolute atomic E-state index is 11.0. The van der Waals surface area contributed by atoms with E-state index in [1.807, 2.05) is 0 Å². The van der Waals surface area contributed by atoms with Gasteiger partial charge in [-0.3, -0.25) is 0 Å². The van der Waals surface area contributed by atoms with Gasteiger partial charge in [0, 0.05) is 11.1 Å². The Bertz CT molecular complexity index is 209. The topological polar surface area (TPSA) is 26.3 Å². The minimum atomic E-state index is -0.397. The zero-order valence-corrected chi connectivity index (χ0v) is 9.35. The number of carbonyl (C=O) groups excluding carboxylic acids is 1. The van der Waals surface area contributed by atoms with Gasteiger partial charge in [-0.1, -0.05) is 44.0 Å². The smallest absolute Gasteiger partial charge is 0.332 e. The van der Waals surface area contributed by atoms with Crippen molar-refractivity contribution in [1.29, 1.82) is 0 Å². The number of halogens is 1. The number of allylic oxidation sites excluding steroid dienone is 1. The summed E-state index contributed by atoms with van der Waals surface area (Å²) in [5.74, 6) is -0.397. The summed E-state index contributed by atoms with van der Waals surface area (Å²) in [6.45, 7) is 5.79. The summed E-state index contributed by atoms with van der Waals surface area (Å²) in [5.41, 5.74) is 0. The summed E-state index contributed by atoms with van der Waals surface area (Å²) in [6.07, 6.45) is 6.90. The Morgan fingerprint density at radius 3 is 2.79 bits per heavy atom. The number of carbonyl (C=O) groups is 1. The Hall–Kier alpha value is -0.760. The quantitative estimate of drug-likeness (QED) is 0.282. The molecular weight excluding hydrogens is 200 g/mol. The molecule has 0 N–H and O–H groups in total. The third-order valence-electron chi connectivity index (χ3n) is 1.64. The predicted octanol–water partition coefficient (Wildman–Crippen LogP) is 3.42. The molecule has 0 saturated carbocycles. The van der Waals surface area contributed by atoms with Crippen LogP contribution in [0.25, 0.3) is 0 Å². The van der Waals surface area contributed by atoms with E-state index in [2.05, 4.69) is 13.5 Å². The fourth-order valence-electron chi connectivity index (χ4n) is 0.927. The molecular formula is C11H17ClO2. The second kappa shape index (κ2) is 8.82. The summed E-state index contributed by atoms with van der Waals surface area (Å²) in [4.78, 5) is 11.0. The number of esters is 1. The van der Waals surface area contributed by atoms with Crippen LogP contribution in [0, 0.1) is 0 Å². The Kier molecular flexibility index (Phi) is 8.34. The van der Waals surface area contributed by atoms with E-state index in [9.17, 15) is 4.79 Å². The lowest BCUT2D eigenvalue weighted by atomic mass is 10.2. The van der Waals surface area contributed by atoms with Crippen LogP contribution in [0.4, 0.5) is 0 Å². The molecule has 0 bridgehead atoms. The van der Waals surface area contributed by atoms with Crippen LogP contribution in [0.15, 0.2) is 23.8 Å². The predicted molar refractivity (Wildman–Crippen MR) is 59.2 cm³/mol. The van der Waals surface area contributed by atoms with E-state index >= 15 is 0 Å². The van der Waals surface area contributed by atoms with Crippen molar-refractivity contribution in [3.63, 3.8) is 0 Å². The summed E-state index contributed by atoms with van der Waals surface area (Å²) >= 11 is 5.82. The SMILES string of the molecule is C=CCOC(=O)/C=C(\Cl)CCCCC.